The summed E-state index contributed by atoms with van der Waals surface area (Å²) in [6.45, 7) is 4.16. The first kappa shape index (κ1) is 17.5. The lowest BCUT2D eigenvalue weighted by Gasteiger charge is -2.22. The van der Waals surface area contributed by atoms with Crippen molar-refractivity contribution in [2.75, 3.05) is 37.6 Å². The van der Waals surface area contributed by atoms with Crippen LogP contribution in [0, 0.1) is 17.8 Å². The van der Waals surface area contributed by atoms with Gasteiger partial charge in [0, 0.05) is 49.9 Å². The molecule has 1 unspecified atom stereocenters. The van der Waals surface area contributed by atoms with E-state index >= 15 is 0 Å². The smallest absolute Gasteiger partial charge is 0.228 e. The predicted octanol–water partition coefficient (Wildman–Crippen LogP) is 1.79. The van der Waals surface area contributed by atoms with Gasteiger partial charge in [0.1, 0.15) is 0 Å². The third kappa shape index (κ3) is 3.13. The van der Waals surface area contributed by atoms with Gasteiger partial charge in [0.15, 0.2) is 0 Å². The van der Waals surface area contributed by atoms with Gasteiger partial charge in [-0.15, -0.1) is 12.4 Å². The first-order valence-electron chi connectivity index (χ1n) is 8.17. The highest BCUT2D eigenvalue weighted by Crippen LogP contribution is 2.31. The molecule has 1 N–H and O–H groups in total. The standard InChI is InChI=1S/C17H20ClN3O2.ClH/c18-14-1-3-15(4-2-14)21-10-11(5-16(21)22)17(23)20-8-12-6-19-7-13(12)9-20;/h1-4,11-13,19H,5-10H2;1H/t11?,12-,13+;. The zero-order valence-corrected chi connectivity index (χ0v) is 14.9. The highest BCUT2D eigenvalue weighted by atomic mass is 35.5. The summed E-state index contributed by atoms with van der Waals surface area (Å²) >= 11 is 5.90. The number of likely N-dealkylation sites (tertiary alicyclic amines) is 1. The van der Waals surface area contributed by atoms with Crippen LogP contribution in [0.2, 0.25) is 5.02 Å². The Kier molecular flexibility index (Phi) is 5.04. The van der Waals surface area contributed by atoms with Crippen LogP contribution in [0.1, 0.15) is 6.42 Å². The van der Waals surface area contributed by atoms with Crippen molar-refractivity contribution in [2.45, 2.75) is 6.42 Å². The molecule has 7 heteroatoms. The van der Waals surface area contributed by atoms with Crippen molar-refractivity contribution in [3.05, 3.63) is 29.3 Å². The van der Waals surface area contributed by atoms with Crippen LogP contribution < -0.4 is 10.2 Å². The van der Waals surface area contributed by atoms with Crippen LogP contribution in [-0.2, 0) is 9.59 Å². The van der Waals surface area contributed by atoms with Crippen molar-refractivity contribution in [3.8, 4) is 0 Å². The molecule has 1 aromatic rings. The van der Waals surface area contributed by atoms with E-state index < -0.39 is 0 Å². The van der Waals surface area contributed by atoms with Gasteiger partial charge in [0.2, 0.25) is 11.8 Å². The Morgan fingerprint density at radius 1 is 1.08 bits per heavy atom. The van der Waals surface area contributed by atoms with Gasteiger partial charge in [-0.1, -0.05) is 11.6 Å². The molecule has 0 aliphatic carbocycles. The van der Waals surface area contributed by atoms with Crippen LogP contribution >= 0.6 is 24.0 Å². The van der Waals surface area contributed by atoms with Crippen LogP contribution in [0.4, 0.5) is 5.69 Å². The van der Waals surface area contributed by atoms with Crippen molar-refractivity contribution >= 4 is 41.5 Å². The van der Waals surface area contributed by atoms with Crippen LogP contribution in [0.25, 0.3) is 0 Å². The quantitative estimate of drug-likeness (QED) is 0.864. The summed E-state index contributed by atoms with van der Waals surface area (Å²) < 4.78 is 0. The molecule has 3 saturated heterocycles. The summed E-state index contributed by atoms with van der Waals surface area (Å²) in [7, 11) is 0. The lowest BCUT2D eigenvalue weighted by Crippen LogP contribution is -2.37. The second-order valence-electron chi connectivity index (χ2n) is 6.80. The molecule has 3 atom stereocenters. The van der Waals surface area contributed by atoms with Crippen molar-refractivity contribution < 1.29 is 9.59 Å². The van der Waals surface area contributed by atoms with E-state index in [9.17, 15) is 9.59 Å². The molecule has 130 valence electrons. The monoisotopic (exact) mass is 369 g/mol. The zero-order valence-electron chi connectivity index (χ0n) is 13.3. The number of carbonyl (C=O) groups excluding carboxylic acids is 2. The molecule has 0 saturated carbocycles. The average molecular weight is 370 g/mol. The number of fused-ring (bicyclic) bond motifs is 1. The summed E-state index contributed by atoms with van der Waals surface area (Å²) in [4.78, 5) is 28.7. The van der Waals surface area contributed by atoms with Gasteiger partial charge < -0.3 is 15.1 Å². The fourth-order valence-corrected chi connectivity index (χ4v) is 4.16. The molecule has 4 rings (SSSR count). The van der Waals surface area contributed by atoms with Crippen LogP contribution in [0.15, 0.2) is 24.3 Å². The fourth-order valence-electron chi connectivity index (χ4n) is 4.04. The van der Waals surface area contributed by atoms with Gasteiger partial charge in [-0.05, 0) is 36.1 Å². The lowest BCUT2D eigenvalue weighted by molar-refractivity contribution is -0.135. The van der Waals surface area contributed by atoms with E-state index in [0.29, 0.717) is 29.8 Å². The molecular weight excluding hydrogens is 349 g/mol. The number of halogens is 2. The minimum Gasteiger partial charge on any atom is -0.342 e. The summed E-state index contributed by atoms with van der Waals surface area (Å²) in [6.07, 6.45) is 0.311. The molecular formula is C17H21Cl2N3O2. The molecule has 0 spiro atoms. The maximum absolute atomic E-state index is 12.8. The molecule has 2 amide bonds. The van der Waals surface area contributed by atoms with Crippen LogP contribution in [0.5, 0.6) is 0 Å². The number of hydrogen-bond donors (Lipinski definition) is 1. The second kappa shape index (κ2) is 6.90. The molecule has 3 fully saturated rings. The van der Waals surface area contributed by atoms with E-state index in [4.69, 9.17) is 11.6 Å². The molecule has 3 aliphatic rings. The first-order valence-corrected chi connectivity index (χ1v) is 8.55. The Morgan fingerprint density at radius 2 is 1.71 bits per heavy atom. The molecule has 5 nitrogen and oxygen atoms in total. The summed E-state index contributed by atoms with van der Waals surface area (Å²) in [5.41, 5.74) is 0.817. The van der Waals surface area contributed by atoms with Gasteiger partial charge >= 0.3 is 0 Å². The van der Waals surface area contributed by atoms with Gasteiger partial charge in [0.25, 0.3) is 0 Å². The van der Waals surface area contributed by atoms with Gasteiger partial charge in [-0.25, -0.2) is 0 Å². The van der Waals surface area contributed by atoms with E-state index in [-0.39, 0.29) is 30.1 Å². The topological polar surface area (TPSA) is 52.7 Å². The number of carbonyl (C=O) groups is 2. The van der Waals surface area contributed by atoms with Gasteiger partial charge in [-0.2, -0.15) is 0 Å². The first-order chi connectivity index (χ1) is 11.1. The number of benzene rings is 1. The number of nitrogens with one attached hydrogen (secondary N) is 1. The third-order valence-corrected chi connectivity index (χ3v) is 5.57. The van der Waals surface area contributed by atoms with E-state index in [1.54, 1.807) is 17.0 Å². The molecule has 0 aromatic heterocycles. The second-order valence-corrected chi connectivity index (χ2v) is 7.24. The Labute approximate surface area is 152 Å². The number of hydrogen-bond acceptors (Lipinski definition) is 3. The molecule has 3 heterocycles. The number of anilines is 1. The maximum atomic E-state index is 12.8. The number of amides is 2. The molecule has 0 bridgehead atoms. The summed E-state index contributed by atoms with van der Waals surface area (Å²) in [5.74, 6) is 1.12. The minimum absolute atomic E-state index is 0. The van der Waals surface area contributed by atoms with Crippen LogP contribution in [-0.4, -0.2) is 49.4 Å². The largest absolute Gasteiger partial charge is 0.342 e. The van der Waals surface area contributed by atoms with E-state index in [1.165, 1.54) is 0 Å². The molecule has 24 heavy (non-hydrogen) atoms. The van der Waals surface area contributed by atoms with E-state index in [1.807, 2.05) is 17.0 Å². The van der Waals surface area contributed by atoms with Crippen molar-refractivity contribution in [1.29, 1.82) is 0 Å². The normalized spacial score (nSPS) is 28.9. The van der Waals surface area contributed by atoms with Gasteiger partial charge in [0.05, 0.1) is 5.92 Å². The Morgan fingerprint density at radius 3 is 2.33 bits per heavy atom. The fraction of sp³-hybridized carbons (Fsp3) is 0.529. The maximum Gasteiger partial charge on any atom is 0.228 e. The molecule has 0 radical (unpaired) electrons. The number of rotatable bonds is 2. The molecule has 3 aliphatic heterocycles. The summed E-state index contributed by atoms with van der Waals surface area (Å²) in [5, 5.41) is 4.03. The molecule has 1 aromatic carbocycles. The van der Waals surface area contributed by atoms with Crippen molar-refractivity contribution in [2.24, 2.45) is 17.8 Å². The highest BCUT2D eigenvalue weighted by molar-refractivity contribution is 6.30. The van der Waals surface area contributed by atoms with Crippen molar-refractivity contribution in [1.82, 2.24) is 10.2 Å². The van der Waals surface area contributed by atoms with E-state index in [0.717, 1.165) is 31.9 Å². The Hall–Kier alpha value is -1.30. The predicted molar refractivity (Wildman–Crippen MR) is 95.6 cm³/mol. The van der Waals surface area contributed by atoms with Gasteiger partial charge in [-0.3, -0.25) is 9.59 Å². The zero-order chi connectivity index (χ0) is 16.0. The minimum atomic E-state index is -0.218. The average Bonchev–Trinajstić information content (AvgIpc) is 3.21. The Balaban J connectivity index is 0.00000169. The number of nitrogens with zero attached hydrogens (tertiary/aromatic N) is 2. The van der Waals surface area contributed by atoms with E-state index in [2.05, 4.69) is 5.32 Å². The third-order valence-electron chi connectivity index (χ3n) is 5.31. The SMILES string of the molecule is Cl.O=C(C1CC(=O)N(c2ccc(Cl)cc2)C1)N1C[C@H]2CNC[C@H]2C1. The Bertz CT molecular complexity index is 625. The van der Waals surface area contributed by atoms with Crippen LogP contribution in [0.3, 0.4) is 0 Å². The highest BCUT2D eigenvalue weighted by Gasteiger charge is 2.43. The lowest BCUT2D eigenvalue weighted by atomic mass is 10.0. The summed E-state index contributed by atoms with van der Waals surface area (Å²) in [6, 6.07) is 7.21. The van der Waals surface area contributed by atoms with Crippen molar-refractivity contribution in [3.63, 3.8) is 0 Å².